The summed E-state index contributed by atoms with van der Waals surface area (Å²) in [6.07, 6.45) is 4.95. The van der Waals surface area contributed by atoms with Crippen LogP contribution in [0.5, 0.6) is 0 Å². The molecule has 0 spiro atoms. The van der Waals surface area contributed by atoms with Gasteiger partial charge in [-0.05, 0) is 37.1 Å². The normalized spacial score (nSPS) is 18.5. The van der Waals surface area contributed by atoms with Crippen molar-refractivity contribution in [3.05, 3.63) is 30.1 Å². The third-order valence-corrected chi connectivity index (χ3v) is 2.95. The van der Waals surface area contributed by atoms with Gasteiger partial charge in [-0.15, -0.1) is 0 Å². The quantitative estimate of drug-likeness (QED) is 0.791. The molecule has 0 saturated carbocycles. The Morgan fingerprint density at radius 3 is 2.73 bits per heavy atom. The summed E-state index contributed by atoms with van der Waals surface area (Å²) in [5, 5.41) is 3.26. The highest BCUT2D eigenvalue weighted by Crippen LogP contribution is 2.26. The molecule has 1 atom stereocenters. The second-order valence-electron chi connectivity index (χ2n) is 4.17. The number of hydrogen-bond donors (Lipinski definition) is 1. The standard InChI is InChI=1S/C12H18N2O/c1-13-7-12(6-10-8-15-9-10)11-2-4-14-5-3-11/h2-5,10,12-13H,6-9H2,1H3. The molecule has 1 fully saturated rings. The van der Waals surface area contributed by atoms with E-state index in [-0.39, 0.29) is 0 Å². The van der Waals surface area contributed by atoms with Crippen molar-refractivity contribution in [1.82, 2.24) is 10.3 Å². The molecule has 0 aromatic carbocycles. The van der Waals surface area contributed by atoms with Gasteiger partial charge in [0.05, 0.1) is 13.2 Å². The minimum atomic E-state index is 0.590. The molecule has 3 nitrogen and oxygen atoms in total. The number of ether oxygens (including phenoxy) is 1. The lowest BCUT2D eigenvalue weighted by atomic mass is 9.88. The lowest BCUT2D eigenvalue weighted by Gasteiger charge is -2.30. The highest BCUT2D eigenvalue weighted by molar-refractivity contribution is 5.16. The van der Waals surface area contributed by atoms with Crippen LogP contribution in [0.1, 0.15) is 17.9 Å². The van der Waals surface area contributed by atoms with Gasteiger partial charge in [0.2, 0.25) is 0 Å². The Balaban J connectivity index is 1.98. The van der Waals surface area contributed by atoms with Crippen molar-refractivity contribution in [3.8, 4) is 0 Å². The Kier molecular flexibility index (Phi) is 3.69. The van der Waals surface area contributed by atoms with Gasteiger partial charge in [0.25, 0.3) is 0 Å². The molecule has 1 saturated heterocycles. The highest BCUT2D eigenvalue weighted by Gasteiger charge is 2.23. The van der Waals surface area contributed by atoms with Crippen LogP contribution in [0.2, 0.25) is 0 Å². The van der Waals surface area contributed by atoms with E-state index in [0.717, 1.165) is 25.7 Å². The van der Waals surface area contributed by atoms with Gasteiger partial charge in [-0.3, -0.25) is 4.98 Å². The van der Waals surface area contributed by atoms with Crippen LogP contribution in [-0.2, 0) is 4.74 Å². The maximum Gasteiger partial charge on any atom is 0.0516 e. The number of likely N-dealkylation sites (N-methyl/N-ethyl adjacent to an activating group) is 1. The predicted molar refractivity (Wildman–Crippen MR) is 59.8 cm³/mol. The number of rotatable bonds is 5. The van der Waals surface area contributed by atoms with Gasteiger partial charge in [0.15, 0.2) is 0 Å². The Morgan fingerprint density at radius 1 is 1.47 bits per heavy atom. The molecule has 0 aliphatic carbocycles. The SMILES string of the molecule is CNCC(CC1COC1)c1ccncc1. The van der Waals surface area contributed by atoms with Gasteiger partial charge in [-0.1, -0.05) is 0 Å². The lowest BCUT2D eigenvalue weighted by molar-refractivity contribution is -0.0384. The third kappa shape index (κ3) is 2.76. The van der Waals surface area contributed by atoms with Crippen LogP contribution in [0, 0.1) is 5.92 Å². The number of nitrogens with zero attached hydrogens (tertiary/aromatic N) is 1. The van der Waals surface area contributed by atoms with E-state index in [4.69, 9.17) is 4.74 Å². The second kappa shape index (κ2) is 5.24. The van der Waals surface area contributed by atoms with Gasteiger partial charge in [-0.2, -0.15) is 0 Å². The Labute approximate surface area is 90.9 Å². The van der Waals surface area contributed by atoms with E-state index in [1.54, 1.807) is 0 Å². The number of nitrogens with one attached hydrogen (secondary N) is 1. The predicted octanol–water partition coefficient (Wildman–Crippen LogP) is 1.42. The monoisotopic (exact) mass is 206 g/mol. The molecule has 0 radical (unpaired) electrons. The zero-order valence-electron chi connectivity index (χ0n) is 9.15. The van der Waals surface area contributed by atoms with E-state index >= 15 is 0 Å². The van der Waals surface area contributed by atoms with Gasteiger partial charge in [0, 0.05) is 24.9 Å². The summed E-state index contributed by atoms with van der Waals surface area (Å²) in [6.45, 7) is 2.90. The smallest absolute Gasteiger partial charge is 0.0516 e. The maximum atomic E-state index is 5.22. The highest BCUT2D eigenvalue weighted by atomic mass is 16.5. The molecule has 15 heavy (non-hydrogen) atoms. The fraction of sp³-hybridized carbons (Fsp3) is 0.583. The molecule has 1 N–H and O–H groups in total. The molecule has 1 aliphatic rings. The second-order valence-corrected chi connectivity index (χ2v) is 4.17. The van der Waals surface area contributed by atoms with Crippen LogP contribution in [0.4, 0.5) is 0 Å². The van der Waals surface area contributed by atoms with Crippen molar-refractivity contribution in [2.24, 2.45) is 5.92 Å². The first-order valence-electron chi connectivity index (χ1n) is 5.52. The molecule has 2 rings (SSSR count). The van der Waals surface area contributed by atoms with Crippen LogP contribution in [0.15, 0.2) is 24.5 Å². The summed E-state index contributed by atoms with van der Waals surface area (Å²) < 4.78 is 5.22. The average molecular weight is 206 g/mol. The summed E-state index contributed by atoms with van der Waals surface area (Å²) in [5.74, 6) is 1.34. The van der Waals surface area contributed by atoms with Crippen molar-refractivity contribution in [3.63, 3.8) is 0 Å². The Bertz CT molecular complexity index is 285. The molecule has 2 heterocycles. The van der Waals surface area contributed by atoms with E-state index in [0.29, 0.717) is 5.92 Å². The van der Waals surface area contributed by atoms with Crippen molar-refractivity contribution >= 4 is 0 Å². The van der Waals surface area contributed by atoms with Crippen molar-refractivity contribution in [2.45, 2.75) is 12.3 Å². The van der Waals surface area contributed by atoms with Gasteiger partial charge in [0.1, 0.15) is 0 Å². The summed E-state index contributed by atoms with van der Waals surface area (Å²) in [4.78, 5) is 4.06. The van der Waals surface area contributed by atoms with E-state index in [1.165, 1.54) is 12.0 Å². The fourth-order valence-corrected chi connectivity index (χ4v) is 2.04. The number of aromatic nitrogens is 1. The minimum absolute atomic E-state index is 0.590. The van der Waals surface area contributed by atoms with Crippen LogP contribution in [-0.4, -0.2) is 31.8 Å². The van der Waals surface area contributed by atoms with E-state index in [1.807, 2.05) is 19.4 Å². The molecule has 82 valence electrons. The van der Waals surface area contributed by atoms with Gasteiger partial charge in [-0.25, -0.2) is 0 Å². The third-order valence-electron chi connectivity index (χ3n) is 2.95. The van der Waals surface area contributed by atoms with Gasteiger partial charge < -0.3 is 10.1 Å². The van der Waals surface area contributed by atoms with Crippen LogP contribution >= 0.6 is 0 Å². The first-order chi connectivity index (χ1) is 7.40. The van der Waals surface area contributed by atoms with Crippen LogP contribution in [0.3, 0.4) is 0 Å². The largest absolute Gasteiger partial charge is 0.381 e. The summed E-state index contributed by atoms with van der Waals surface area (Å²) in [7, 11) is 2.01. The molecule has 1 unspecified atom stereocenters. The fourth-order valence-electron chi connectivity index (χ4n) is 2.04. The lowest BCUT2D eigenvalue weighted by Crippen LogP contribution is -2.31. The summed E-state index contributed by atoms with van der Waals surface area (Å²) in [6, 6.07) is 4.23. The summed E-state index contributed by atoms with van der Waals surface area (Å²) >= 11 is 0. The molecule has 1 aromatic rings. The number of pyridine rings is 1. The zero-order valence-corrected chi connectivity index (χ0v) is 9.15. The minimum Gasteiger partial charge on any atom is -0.381 e. The van der Waals surface area contributed by atoms with Crippen molar-refractivity contribution in [2.75, 3.05) is 26.8 Å². The van der Waals surface area contributed by atoms with Crippen LogP contribution in [0.25, 0.3) is 0 Å². The maximum absolute atomic E-state index is 5.22. The first-order valence-corrected chi connectivity index (χ1v) is 5.52. The van der Waals surface area contributed by atoms with Crippen LogP contribution < -0.4 is 5.32 Å². The molecule has 1 aliphatic heterocycles. The molecular formula is C12H18N2O. The van der Waals surface area contributed by atoms with Crippen molar-refractivity contribution < 1.29 is 4.74 Å². The van der Waals surface area contributed by atoms with Crippen molar-refractivity contribution in [1.29, 1.82) is 0 Å². The van der Waals surface area contributed by atoms with E-state index < -0.39 is 0 Å². The molecule has 3 heteroatoms. The first kappa shape index (κ1) is 10.6. The molecule has 0 amide bonds. The number of hydrogen-bond acceptors (Lipinski definition) is 3. The van der Waals surface area contributed by atoms with Gasteiger partial charge >= 0.3 is 0 Å². The Hall–Kier alpha value is -0.930. The molecule has 1 aromatic heterocycles. The van der Waals surface area contributed by atoms with E-state index in [9.17, 15) is 0 Å². The zero-order chi connectivity index (χ0) is 10.5. The topological polar surface area (TPSA) is 34.1 Å². The Morgan fingerprint density at radius 2 is 2.20 bits per heavy atom. The van der Waals surface area contributed by atoms with E-state index in [2.05, 4.69) is 22.4 Å². The molecule has 0 bridgehead atoms. The molecular weight excluding hydrogens is 188 g/mol. The average Bonchev–Trinajstić information content (AvgIpc) is 2.23. The summed E-state index contributed by atoms with van der Waals surface area (Å²) in [5.41, 5.74) is 1.38.